The average Bonchev–Trinajstić information content (AvgIpc) is 2.38. The molecule has 0 aromatic carbocycles. The van der Waals surface area contributed by atoms with Crippen LogP contribution in [0.2, 0.25) is 0 Å². The maximum Gasteiger partial charge on any atom is 0.328 e. The van der Waals surface area contributed by atoms with E-state index < -0.39 is 24.0 Å². The van der Waals surface area contributed by atoms with Crippen molar-refractivity contribution in [1.82, 2.24) is 10.6 Å². The van der Waals surface area contributed by atoms with Crippen molar-refractivity contribution in [2.75, 3.05) is 7.11 Å². The van der Waals surface area contributed by atoms with Crippen LogP contribution in [0.4, 0.5) is 0 Å². The molecule has 6 nitrogen and oxygen atoms in total. The van der Waals surface area contributed by atoms with Crippen LogP contribution in [-0.4, -0.2) is 37.0 Å². The van der Waals surface area contributed by atoms with E-state index in [1.807, 2.05) is 13.8 Å². The molecule has 0 aliphatic heterocycles. The van der Waals surface area contributed by atoms with Gasteiger partial charge in [0.1, 0.15) is 12.1 Å². The molecule has 0 radical (unpaired) electrons. The highest BCUT2D eigenvalue weighted by Crippen LogP contribution is 2.05. The van der Waals surface area contributed by atoms with Crippen LogP contribution < -0.4 is 10.6 Å². The Morgan fingerprint density at radius 3 is 2.25 bits per heavy atom. The fourth-order valence-electron chi connectivity index (χ4n) is 1.69. The SMILES string of the molecule is C=CCC[C@@H](NC(=O)[C@H](NC(C)=O)C(C)C)C(=O)OC. The summed E-state index contributed by atoms with van der Waals surface area (Å²) in [5.41, 5.74) is 0. The molecule has 114 valence electrons. The first-order chi connectivity index (χ1) is 9.33. The van der Waals surface area contributed by atoms with Crippen molar-refractivity contribution in [2.24, 2.45) is 5.92 Å². The van der Waals surface area contributed by atoms with Gasteiger partial charge in [0.15, 0.2) is 0 Å². The van der Waals surface area contributed by atoms with E-state index in [9.17, 15) is 14.4 Å². The summed E-state index contributed by atoms with van der Waals surface area (Å²) in [4.78, 5) is 34.9. The van der Waals surface area contributed by atoms with Gasteiger partial charge in [-0.25, -0.2) is 4.79 Å². The zero-order chi connectivity index (χ0) is 15.7. The molecule has 0 aliphatic carbocycles. The van der Waals surface area contributed by atoms with Crippen molar-refractivity contribution in [1.29, 1.82) is 0 Å². The summed E-state index contributed by atoms with van der Waals surface area (Å²) in [5.74, 6) is -1.28. The monoisotopic (exact) mass is 284 g/mol. The minimum atomic E-state index is -0.736. The largest absolute Gasteiger partial charge is 0.467 e. The van der Waals surface area contributed by atoms with Crippen LogP contribution in [0.3, 0.4) is 0 Å². The molecule has 0 spiro atoms. The van der Waals surface area contributed by atoms with E-state index in [-0.39, 0.29) is 11.8 Å². The van der Waals surface area contributed by atoms with Crippen LogP contribution in [0, 0.1) is 5.92 Å². The molecule has 2 amide bonds. The Balaban J connectivity index is 4.80. The number of carbonyl (C=O) groups excluding carboxylic acids is 3. The van der Waals surface area contributed by atoms with Gasteiger partial charge in [0.25, 0.3) is 0 Å². The van der Waals surface area contributed by atoms with Gasteiger partial charge in [-0.2, -0.15) is 0 Å². The Labute approximate surface area is 119 Å². The summed E-state index contributed by atoms with van der Waals surface area (Å²) in [7, 11) is 1.27. The van der Waals surface area contributed by atoms with E-state index >= 15 is 0 Å². The summed E-state index contributed by atoms with van der Waals surface area (Å²) in [6.07, 6.45) is 2.65. The first-order valence-electron chi connectivity index (χ1n) is 6.59. The van der Waals surface area contributed by atoms with Crippen molar-refractivity contribution >= 4 is 17.8 Å². The fourth-order valence-corrected chi connectivity index (χ4v) is 1.69. The number of hydrogen-bond donors (Lipinski definition) is 2. The zero-order valence-corrected chi connectivity index (χ0v) is 12.6. The maximum absolute atomic E-state index is 12.2. The minimum absolute atomic E-state index is 0.0865. The van der Waals surface area contributed by atoms with Gasteiger partial charge in [-0.1, -0.05) is 19.9 Å². The molecule has 6 heteroatoms. The Kier molecular flexibility index (Phi) is 8.27. The number of allylic oxidation sites excluding steroid dienone is 1. The highest BCUT2D eigenvalue weighted by molar-refractivity contribution is 5.90. The van der Waals surface area contributed by atoms with Crippen molar-refractivity contribution in [3.63, 3.8) is 0 Å². The molecule has 20 heavy (non-hydrogen) atoms. The second-order valence-corrected chi connectivity index (χ2v) is 4.87. The lowest BCUT2D eigenvalue weighted by atomic mass is 10.0. The lowest BCUT2D eigenvalue weighted by Gasteiger charge is -2.24. The van der Waals surface area contributed by atoms with Gasteiger partial charge in [0, 0.05) is 6.92 Å². The van der Waals surface area contributed by atoms with Gasteiger partial charge < -0.3 is 15.4 Å². The minimum Gasteiger partial charge on any atom is -0.467 e. The highest BCUT2D eigenvalue weighted by atomic mass is 16.5. The van der Waals surface area contributed by atoms with Crippen molar-refractivity contribution in [3.8, 4) is 0 Å². The second kappa shape index (κ2) is 9.12. The Morgan fingerprint density at radius 2 is 1.85 bits per heavy atom. The van der Waals surface area contributed by atoms with Gasteiger partial charge >= 0.3 is 5.97 Å². The third-order valence-electron chi connectivity index (χ3n) is 2.77. The molecule has 0 saturated carbocycles. The number of carbonyl (C=O) groups is 3. The van der Waals surface area contributed by atoms with Gasteiger partial charge in [0.05, 0.1) is 7.11 Å². The molecule has 0 unspecified atom stereocenters. The standard InChI is InChI=1S/C14H24N2O4/c1-6-7-8-11(14(19)20-5)16-13(18)12(9(2)3)15-10(4)17/h6,9,11-12H,1,7-8H2,2-5H3,(H,15,17)(H,16,18)/t11-,12-/m1/s1. The Morgan fingerprint density at radius 1 is 1.25 bits per heavy atom. The number of hydrogen-bond acceptors (Lipinski definition) is 4. The van der Waals surface area contributed by atoms with Crippen LogP contribution >= 0.6 is 0 Å². The first kappa shape index (κ1) is 18.1. The predicted molar refractivity (Wildman–Crippen MR) is 75.8 cm³/mol. The third kappa shape index (κ3) is 6.36. The average molecular weight is 284 g/mol. The van der Waals surface area contributed by atoms with Crippen molar-refractivity contribution in [2.45, 2.75) is 45.7 Å². The molecule has 0 saturated heterocycles. The normalized spacial score (nSPS) is 13.2. The van der Waals surface area contributed by atoms with Gasteiger partial charge in [-0.05, 0) is 18.8 Å². The van der Waals surface area contributed by atoms with E-state index in [1.54, 1.807) is 6.08 Å². The molecule has 0 aliphatic rings. The van der Waals surface area contributed by atoms with E-state index in [4.69, 9.17) is 0 Å². The predicted octanol–water partition coefficient (Wildman–Crippen LogP) is 0.771. The number of methoxy groups -OCH3 is 1. The molecule has 2 atom stereocenters. The van der Waals surface area contributed by atoms with Gasteiger partial charge in [-0.3, -0.25) is 9.59 Å². The molecule has 0 heterocycles. The third-order valence-corrected chi connectivity index (χ3v) is 2.77. The van der Waals surface area contributed by atoms with E-state index in [1.165, 1.54) is 14.0 Å². The summed E-state index contributed by atoms with van der Waals surface area (Å²) in [6.45, 7) is 8.56. The van der Waals surface area contributed by atoms with Crippen LogP contribution in [-0.2, 0) is 19.1 Å². The molecular weight excluding hydrogens is 260 g/mol. The van der Waals surface area contributed by atoms with Gasteiger partial charge in [-0.15, -0.1) is 6.58 Å². The number of esters is 1. The van der Waals surface area contributed by atoms with Crippen LogP contribution in [0.25, 0.3) is 0 Å². The second-order valence-electron chi connectivity index (χ2n) is 4.87. The topological polar surface area (TPSA) is 84.5 Å². The van der Waals surface area contributed by atoms with Crippen LogP contribution in [0.15, 0.2) is 12.7 Å². The summed E-state index contributed by atoms with van der Waals surface area (Å²) >= 11 is 0. The van der Waals surface area contributed by atoms with Crippen molar-refractivity contribution < 1.29 is 19.1 Å². The number of nitrogens with one attached hydrogen (secondary N) is 2. The summed E-state index contributed by atoms with van der Waals surface area (Å²) in [6, 6.07) is -1.41. The fraction of sp³-hybridized carbons (Fsp3) is 0.643. The smallest absolute Gasteiger partial charge is 0.328 e. The Hall–Kier alpha value is -1.85. The number of rotatable bonds is 8. The maximum atomic E-state index is 12.2. The van der Waals surface area contributed by atoms with E-state index in [0.29, 0.717) is 12.8 Å². The molecular formula is C14H24N2O4. The molecule has 0 bridgehead atoms. The Bertz CT molecular complexity index is 366. The number of amides is 2. The molecule has 0 aromatic rings. The summed E-state index contributed by atoms with van der Waals surface area (Å²) < 4.78 is 4.66. The quantitative estimate of drug-likeness (QED) is 0.509. The van der Waals surface area contributed by atoms with Crippen LogP contribution in [0.5, 0.6) is 0 Å². The highest BCUT2D eigenvalue weighted by Gasteiger charge is 2.28. The molecule has 0 fully saturated rings. The van der Waals surface area contributed by atoms with E-state index in [0.717, 1.165) is 0 Å². The first-order valence-corrected chi connectivity index (χ1v) is 6.59. The zero-order valence-electron chi connectivity index (χ0n) is 12.6. The van der Waals surface area contributed by atoms with Crippen molar-refractivity contribution in [3.05, 3.63) is 12.7 Å². The van der Waals surface area contributed by atoms with Gasteiger partial charge in [0.2, 0.25) is 11.8 Å². The lowest BCUT2D eigenvalue weighted by molar-refractivity contribution is -0.145. The lowest BCUT2D eigenvalue weighted by Crippen LogP contribution is -2.53. The van der Waals surface area contributed by atoms with E-state index in [2.05, 4.69) is 21.9 Å². The molecule has 0 rings (SSSR count). The molecule has 2 N–H and O–H groups in total. The molecule has 0 aromatic heterocycles. The summed E-state index contributed by atoms with van der Waals surface area (Å²) in [5, 5.41) is 5.19. The van der Waals surface area contributed by atoms with Crippen LogP contribution in [0.1, 0.15) is 33.6 Å². The number of ether oxygens (including phenoxy) is 1.